The Hall–Kier alpha value is -2.57. The maximum atomic E-state index is 13.6. The lowest BCUT2D eigenvalue weighted by molar-refractivity contribution is -0.120. The predicted octanol–water partition coefficient (Wildman–Crippen LogP) is 4.30. The lowest BCUT2D eigenvalue weighted by Gasteiger charge is -2.00. The Morgan fingerprint density at radius 3 is 2.80 bits per heavy atom. The summed E-state index contributed by atoms with van der Waals surface area (Å²) in [6.45, 7) is 0. The van der Waals surface area contributed by atoms with Crippen LogP contribution in [-0.4, -0.2) is 17.1 Å². The van der Waals surface area contributed by atoms with Gasteiger partial charge in [-0.1, -0.05) is 48.0 Å². The van der Waals surface area contributed by atoms with Crippen molar-refractivity contribution >= 4 is 35.1 Å². The maximum absolute atomic E-state index is 13.6. The summed E-state index contributed by atoms with van der Waals surface area (Å²) in [6.07, 6.45) is 1.28. The van der Waals surface area contributed by atoms with Gasteiger partial charge in [-0.25, -0.2) is 14.8 Å². The molecule has 1 N–H and O–H groups in total. The molecule has 0 spiro atoms. The number of amides is 1. The van der Waals surface area contributed by atoms with E-state index in [0.717, 1.165) is 10.6 Å². The van der Waals surface area contributed by atoms with Crippen molar-refractivity contribution in [3.05, 3.63) is 76.0 Å². The molecule has 3 aromatic rings. The van der Waals surface area contributed by atoms with Crippen LogP contribution in [0.3, 0.4) is 0 Å². The fourth-order valence-electron chi connectivity index (χ4n) is 2.11. The van der Waals surface area contributed by atoms with E-state index in [1.807, 2.05) is 35.7 Å². The summed E-state index contributed by atoms with van der Waals surface area (Å²) >= 11 is 7.36. The van der Waals surface area contributed by atoms with Gasteiger partial charge in [0.2, 0.25) is 5.91 Å². The molecule has 1 amide bonds. The van der Waals surface area contributed by atoms with E-state index < -0.39 is 5.82 Å². The molecule has 1 heterocycles. The Bertz CT molecular complexity index is 891. The van der Waals surface area contributed by atoms with Gasteiger partial charge in [0.15, 0.2) is 0 Å². The van der Waals surface area contributed by atoms with Gasteiger partial charge in [-0.3, -0.25) is 4.79 Å². The topological polar surface area (TPSA) is 54.4 Å². The van der Waals surface area contributed by atoms with Crippen LogP contribution in [-0.2, 0) is 11.2 Å². The van der Waals surface area contributed by atoms with Gasteiger partial charge in [0.05, 0.1) is 23.4 Å². The first-order valence-corrected chi connectivity index (χ1v) is 8.65. The summed E-state index contributed by atoms with van der Waals surface area (Å²) in [5.41, 5.74) is 4.14. The van der Waals surface area contributed by atoms with Crippen LogP contribution in [0.5, 0.6) is 0 Å². The van der Waals surface area contributed by atoms with Gasteiger partial charge in [0.25, 0.3) is 0 Å². The molecule has 0 aliphatic heterocycles. The van der Waals surface area contributed by atoms with Crippen LogP contribution >= 0.6 is 22.9 Å². The van der Waals surface area contributed by atoms with Gasteiger partial charge in [-0.2, -0.15) is 5.10 Å². The Kier molecular flexibility index (Phi) is 5.53. The fraction of sp³-hybridized carbons (Fsp3) is 0.0556. The molecule has 7 heteroatoms. The molecule has 0 fully saturated rings. The Morgan fingerprint density at radius 2 is 2.04 bits per heavy atom. The third-order valence-corrected chi connectivity index (χ3v) is 4.57. The highest BCUT2D eigenvalue weighted by Gasteiger charge is 2.09. The normalized spacial score (nSPS) is 11.0. The lowest BCUT2D eigenvalue weighted by Crippen LogP contribution is -2.20. The summed E-state index contributed by atoms with van der Waals surface area (Å²) in [6, 6.07) is 14.1. The molecule has 0 saturated carbocycles. The number of hydrogen-bond donors (Lipinski definition) is 1. The van der Waals surface area contributed by atoms with Crippen molar-refractivity contribution in [3.8, 4) is 10.6 Å². The average molecular weight is 374 g/mol. The number of hydrazone groups is 1. The van der Waals surface area contributed by atoms with Crippen molar-refractivity contribution in [2.75, 3.05) is 0 Å². The van der Waals surface area contributed by atoms with Crippen LogP contribution in [0.1, 0.15) is 11.3 Å². The molecule has 0 unspecified atom stereocenters. The number of aromatic nitrogens is 1. The first-order chi connectivity index (χ1) is 12.1. The summed E-state index contributed by atoms with van der Waals surface area (Å²) < 4.78 is 13.6. The van der Waals surface area contributed by atoms with Gasteiger partial charge in [0, 0.05) is 16.5 Å². The molecule has 4 nitrogen and oxygen atoms in total. The minimum absolute atomic E-state index is 0.0890. The SMILES string of the molecule is O=C(Cc1csc(-c2ccccc2)n1)N/N=C/c1c(F)cccc1Cl. The minimum atomic E-state index is -0.502. The average Bonchev–Trinajstić information content (AvgIpc) is 3.07. The zero-order chi connectivity index (χ0) is 17.6. The largest absolute Gasteiger partial charge is 0.273 e. The number of thiazole rings is 1. The van der Waals surface area contributed by atoms with Gasteiger partial charge in [0.1, 0.15) is 10.8 Å². The zero-order valence-electron chi connectivity index (χ0n) is 12.9. The molecular weight excluding hydrogens is 361 g/mol. The zero-order valence-corrected chi connectivity index (χ0v) is 14.5. The van der Waals surface area contributed by atoms with E-state index in [2.05, 4.69) is 15.5 Å². The number of halogens is 2. The van der Waals surface area contributed by atoms with Gasteiger partial charge in [-0.15, -0.1) is 11.3 Å². The molecule has 0 aliphatic carbocycles. The lowest BCUT2D eigenvalue weighted by atomic mass is 10.2. The number of rotatable bonds is 5. The van der Waals surface area contributed by atoms with E-state index in [9.17, 15) is 9.18 Å². The number of nitrogens with one attached hydrogen (secondary N) is 1. The molecule has 3 rings (SSSR count). The monoisotopic (exact) mass is 373 g/mol. The third-order valence-electron chi connectivity index (χ3n) is 3.30. The van der Waals surface area contributed by atoms with E-state index in [1.165, 1.54) is 29.7 Å². The van der Waals surface area contributed by atoms with E-state index in [1.54, 1.807) is 6.07 Å². The fourth-order valence-corrected chi connectivity index (χ4v) is 3.15. The van der Waals surface area contributed by atoms with Gasteiger partial charge >= 0.3 is 0 Å². The molecule has 25 heavy (non-hydrogen) atoms. The van der Waals surface area contributed by atoms with Gasteiger partial charge in [-0.05, 0) is 12.1 Å². The van der Waals surface area contributed by atoms with Crippen molar-refractivity contribution in [1.29, 1.82) is 0 Å². The van der Waals surface area contributed by atoms with Crippen molar-refractivity contribution in [2.24, 2.45) is 5.10 Å². The molecule has 1 aromatic heterocycles. The number of hydrogen-bond acceptors (Lipinski definition) is 4. The smallest absolute Gasteiger partial charge is 0.246 e. The second-order valence-corrected chi connectivity index (χ2v) is 6.38. The minimum Gasteiger partial charge on any atom is -0.273 e. The maximum Gasteiger partial charge on any atom is 0.246 e. The summed E-state index contributed by atoms with van der Waals surface area (Å²) in [4.78, 5) is 16.4. The molecule has 0 aliphatic rings. The Morgan fingerprint density at radius 1 is 1.24 bits per heavy atom. The summed E-state index contributed by atoms with van der Waals surface area (Å²) in [5, 5.41) is 6.66. The van der Waals surface area contributed by atoms with Crippen LogP contribution in [0.2, 0.25) is 5.02 Å². The van der Waals surface area contributed by atoms with Crippen LogP contribution in [0.15, 0.2) is 59.0 Å². The molecule has 2 aromatic carbocycles. The van der Waals surface area contributed by atoms with Crippen LogP contribution in [0.25, 0.3) is 10.6 Å². The first kappa shape index (κ1) is 17.3. The summed E-state index contributed by atoms with van der Waals surface area (Å²) in [7, 11) is 0. The standard InChI is InChI=1S/C18H13ClFN3OS/c19-15-7-4-8-16(20)14(15)10-21-23-17(24)9-13-11-25-18(22-13)12-5-2-1-3-6-12/h1-8,10-11H,9H2,(H,23,24)/b21-10+. The second kappa shape index (κ2) is 8.00. The van der Waals surface area contributed by atoms with E-state index >= 15 is 0 Å². The van der Waals surface area contributed by atoms with Gasteiger partial charge < -0.3 is 0 Å². The quantitative estimate of drug-likeness (QED) is 0.535. The first-order valence-electron chi connectivity index (χ1n) is 7.39. The highest BCUT2D eigenvalue weighted by atomic mass is 35.5. The molecule has 0 saturated heterocycles. The second-order valence-electron chi connectivity index (χ2n) is 5.12. The number of carbonyl (C=O) groups excluding carboxylic acids is 1. The van der Waals surface area contributed by atoms with Crippen molar-refractivity contribution in [2.45, 2.75) is 6.42 Å². The molecule has 0 bridgehead atoms. The summed E-state index contributed by atoms with van der Waals surface area (Å²) in [5.74, 6) is -0.842. The highest BCUT2D eigenvalue weighted by Crippen LogP contribution is 2.23. The van der Waals surface area contributed by atoms with Crippen LogP contribution < -0.4 is 5.43 Å². The van der Waals surface area contributed by atoms with E-state index in [4.69, 9.17) is 11.6 Å². The van der Waals surface area contributed by atoms with E-state index in [-0.39, 0.29) is 22.9 Å². The van der Waals surface area contributed by atoms with Crippen molar-refractivity contribution in [3.63, 3.8) is 0 Å². The van der Waals surface area contributed by atoms with E-state index in [0.29, 0.717) is 5.69 Å². The van der Waals surface area contributed by atoms with Crippen molar-refractivity contribution in [1.82, 2.24) is 10.4 Å². The van der Waals surface area contributed by atoms with Crippen molar-refractivity contribution < 1.29 is 9.18 Å². The number of carbonyl (C=O) groups is 1. The van der Waals surface area contributed by atoms with Crippen LogP contribution in [0, 0.1) is 5.82 Å². The molecule has 126 valence electrons. The van der Waals surface area contributed by atoms with Crippen LogP contribution in [0.4, 0.5) is 4.39 Å². The Labute approximate surface area is 153 Å². The number of benzene rings is 2. The predicted molar refractivity (Wildman–Crippen MR) is 98.4 cm³/mol. The molecule has 0 atom stereocenters. The molecule has 0 radical (unpaired) electrons. The molecular formula is C18H13ClFN3OS. The number of nitrogens with zero attached hydrogens (tertiary/aromatic N) is 2. The third kappa shape index (κ3) is 4.49. The Balaban J connectivity index is 1.60. The highest BCUT2D eigenvalue weighted by molar-refractivity contribution is 7.13.